The molecule has 2 atom stereocenters. The second kappa shape index (κ2) is 7.36. The largest absolute Gasteiger partial charge is 0.321 e. The van der Waals surface area contributed by atoms with Crippen LogP contribution in [-0.4, -0.2) is 15.5 Å². The molecule has 2 unspecified atom stereocenters. The maximum Gasteiger partial charge on any atom is 0.143 e. The molecular weight excluding hydrogens is 374 g/mol. The predicted octanol–water partition coefficient (Wildman–Crippen LogP) is 5.80. The minimum Gasteiger partial charge on any atom is -0.321 e. The van der Waals surface area contributed by atoms with Crippen LogP contribution in [-0.2, 0) is 0 Å². The highest BCUT2D eigenvalue weighted by atomic mass is 32.1. The Labute approximate surface area is 176 Å². The smallest absolute Gasteiger partial charge is 0.143 e. The second-order valence-corrected chi connectivity index (χ2v) is 9.16. The van der Waals surface area contributed by atoms with Gasteiger partial charge in [0.15, 0.2) is 0 Å². The summed E-state index contributed by atoms with van der Waals surface area (Å²) in [6.45, 7) is 3.96. The molecule has 2 aromatic heterocycles. The lowest BCUT2D eigenvalue weighted by Gasteiger charge is -2.39. The standard InChI is InChI=1S/C25H25N3S/c1-2-18(25(26)13-7-14-25)9-6-12-21-23(19-10-5-8-17-16-20(17)19)29-24(28-21)22-11-3-4-15-27-22/h2-6,8-12,15,17,20H,1,7,13-14,16,26H2/b12-6+,18-9+. The Balaban J connectivity index is 1.51. The van der Waals surface area contributed by atoms with E-state index in [9.17, 15) is 0 Å². The van der Waals surface area contributed by atoms with Crippen LogP contribution in [0.25, 0.3) is 22.4 Å². The number of fused-ring (bicyclic) bond motifs is 1. The van der Waals surface area contributed by atoms with Crippen molar-refractivity contribution in [3.8, 4) is 10.7 Å². The summed E-state index contributed by atoms with van der Waals surface area (Å²) in [5, 5.41) is 0.968. The number of nitrogens with zero attached hydrogens (tertiary/aromatic N) is 2. The quantitative estimate of drug-likeness (QED) is 0.624. The van der Waals surface area contributed by atoms with Crippen LogP contribution in [0.5, 0.6) is 0 Å². The normalized spacial score (nSPS) is 24.7. The van der Waals surface area contributed by atoms with Gasteiger partial charge in [-0.05, 0) is 66.9 Å². The van der Waals surface area contributed by atoms with Crippen molar-refractivity contribution < 1.29 is 0 Å². The summed E-state index contributed by atoms with van der Waals surface area (Å²) in [5.41, 5.74) is 10.7. The van der Waals surface area contributed by atoms with E-state index in [2.05, 4.69) is 48.0 Å². The lowest BCUT2D eigenvalue weighted by atomic mass is 9.72. The van der Waals surface area contributed by atoms with E-state index in [0.717, 1.165) is 34.8 Å². The molecule has 0 amide bonds. The van der Waals surface area contributed by atoms with Crippen molar-refractivity contribution >= 4 is 23.0 Å². The molecule has 0 bridgehead atoms. The molecule has 0 aliphatic heterocycles. The van der Waals surface area contributed by atoms with Crippen LogP contribution >= 0.6 is 11.3 Å². The van der Waals surface area contributed by atoms with Crippen molar-refractivity contribution in [3.05, 3.63) is 83.6 Å². The summed E-state index contributed by atoms with van der Waals surface area (Å²) >= 11 is 1.74. The monoisotopic (exact) mass is 399 g/mol. The van der Waals surface area contributed by atoms with Gasteiger partial charge in [0, 0.05) is 11.7 Å². The Kier molecular flexibility index (Phi) is 4.69. The van der Waals surface area contributed by atoms with E-state index in [-0.39, 0.29) is 5.54 Å². The van der Waals surface area contributed by atoms with E-state index in [1.165, 1.54) is 23.3 Å². The van der Waals surface area contributed by atoms with Crippen LogP contribution < -0.4 is 5.73 Å². The molecule has 0 spiro atoms. The zero-order chi connectivity index (χ0) is 19.8. The van der Waals surface area contributed by atoms with E-state index in [1.54, 1.807) is 11.3 Å². The molecule has 146 valence electrons. The van der Waals surface area contributed by atoms with E-state index >= 15 is 0 Å². The molecule has 2 N–H and O–H groups in total. The molecule has 2 fully saturated rings. The summed E-state index contributed by atoms with van der Waals surface area (Å²) < 4.78 is 0. The number of pyridine rings is 1. The van der Waals surface area contributed by atoms with Crippen LogP contribution in [0.2, 0.25) is 0 Å². The fraction of sp³-hybridized carbons (Fsp3) is 0.280. The topological polar surface area (TPSA) is 51.8 Å². The zero-order valence-corrected chi connectivity index (χ0v) is 17.2. The van der Waals surface area contributed by atoms with Gasteiger partial charge in [0.1, 0.15) is 5.01 Å². The summed E-state index contributed by atoms with van der Waals surface area (Å²) in [6.07, 6.45) is 21.3. The van der Waals surface area contributed by atoms with Gasteiger partial charge in [-0.15, -0.1) is 11.3 Å². The third-order valence-corrected chi connectivity index (χ3v) is 7.39. The highest BCUT2D eigenvalue weighted by Crippen LogP contribution is 2.53. The molecule has 3 nitrogen and oxygen atoms in total. The summed E-state index contributed by atoms with van der Waals surface area (Å²) in [6, 6.07) is 5.97. The predicted molar refractivity (Wildman–Crippen MR) is 122 cm³/mol. The highest BCUT2D eigenvalue weighted by molar-refractivity contribution is 7.16. The van der Waals surface area contributed by atoms with Crippen LogP contribution in [0.1, 0.15) is 36.3 Å². The van der Waals surface area contributed by atoms with E-state index in [4.69, 9.17) is 10.7 Å². The number of nitrogens with two attached hydrogens (primary N) is 1. The molecule has 0 aromatic carbocycles. The number of hydrogen-bond acceptors (Lipinski definition) is 4. The molecule has 2 heterocycles. The minimum atomic E-state index is -0.200. The molecule has 29 heavy (non-hydrogen) atoms. The van der Waals surface area contributed by atoms with Crippen molar-refractivity contribution in [1.29, 1.82) is 0 Å². The van der Waals surface area contributed by atoms with Crippen molar-refractivity contribution in [3.63, 3.8) is 0 Å². The molecule has 5 rings (SSSR count). The first-order valence-electron chi connectivity index (χ1n) is 10.3. The van der Waals surface area contributed by atoms with Crippen LogP contribution in [0.4, 0.5) is 0 Å². The van der Waals surface area contributed by atoms with Crippen molar-refractivity contribution in [2.24, 2.45) is 17.6 Å². The van der Waals surface area contributed by atoms with Gasteiger partial charge in [0.25, 0.3) is 0 Å². The molecule has 2 aromatic rings. The van der Waals surface area contributed by atoms with Gasteiger partial charge in [0.05, 0.1) is 16.3 Å². The maximum absolute atomic E-state index is 6.48. The lowest BCUT2D eigenvalue weighted by molar-refractivity contribution is 0.304. The number of hydrogen-bond donors (Lipinski definition) is 1. The average Bonchev–Trinajstić information content (AvgIpc) is 3.41. The maximum atomic E-state index is 6.48. The first-order chi connectivity index (χ1) is 14.2. The Bertz CT molecular complexity index is 1050. The van der Waals surface area contributed by atoms with E-state index in [0.29, 0.717) is 11.8 Å². The van der Waals surface area contributed by atoms with Gasteiger partial charge < -0.3 is 5.73 Å². The Morgan fingerprint density at radius 1 is 1.31 bits per heavy atom. The zero-order valence-electron chi connectivity index (χ0n) is 16.4. The highest BCUT2D eigenvalue weighted by Gasteiger charge is 2.41. The Morgan fingerprint density at radius 3 is 2.93 bits per heavy atom. The molecule has 2 saturated carbocycles. The SMILES string of the molecule is C=C/C(=C\C=C\c1nc(-c2ccccn2)sc1C1=CC=CC2CC12)C1(N)CCC1. The molecule has 3 aliphatic rings. The third kappa shape index (κ3) is 3.47. The van der Waals surface area contributed by atoms with Gasteiger partial charge in [-0.25, -0.2) is 4.98 Å². The van der Waals surface area contributed by atoms with Gasteiger partial charge in [-0.3, -0.25) is 4.98 Å². The van der Waals surface area contributed by atoms with E-state index < -0.39 is 0 Å². The Hall–Kier alpha value is -2.56. The molecule has 0 saturated heterocycles. The van der Waals surface area contributed by atoms with Gasteiger partial charge in [-0.1, -0.05) is 49.1 Å². The summed E-state index contributed by atoms with van der Waals surface area (Å²) in [7, 11) is 0. The second-order valence-electron chi connectivity index (χ2n) is 8.16. The summed E-state index contributed by atoms with van der Waals surface area (Å²) in [4.78, 5) is 10.7. The van der Waals surface area contributed by atoms with Crippen molar-refractivity contribution in [1.82, 2.24) is 9.97 Å². The van der Waals surface area contributed by atoms with Gasteiger partial charge in [-0.2, -0.15) is 0 Å². The van der Waals surface area contributed by atoms with Crippen LogP contribution in [0, 0.1) is 11.8 Å². The van der Waals surface area contributed by atoms with Gasteiger partial charge in [0.2, 0.25) is 0 Å². The Morgan fingerprint density at radius 2 is 2.21 bits per heavy atom. The van der Waals surface area contributed by atoms with Crippen LogP contribution in [0.15, 0.2) is 73.0 Å². The molecular formula is C25H25N3S. The number of aromatic nitrogens is 2. The third-order valence-electron chi connectivity index (χ3n) is 6.24. The summed E-state index contributed by atoms with van der Waals surface area (Å²) in [5.74, 6) is 1.35. The van der Waals surface area contributed by atoms with Crippen LogP contribution in [0.3, 0.4) is 0 Å². The molecule has 3 aliphatic carbocycles. The van der Waals surface area contributed by atoms with Crippen molar-refractivity contribution in [2.75, 3.05) is 0 Å². The fourth-order valence-electron chi connectivity index (χ4n) is 4.23. The average molecular weight is 400 g/mol. The lowest BCUT2D eigenvalue weighted by Crippen LogP contribution is -2.47. The molecule has 4 heteroatoms. The first kappa shape index (κ1) is 18.5. The van der Waals surface area contributed by atoms with Crippen molar-refractivity contribution in [2.45, 2.75) is 31.2 Å². The minimum absolute atomic E-state index is 0.200. The number of allylic oxidation sites excluding steroid dienone is 6. The van der Waals surface area contributed by atoms with E-state index in [1.807, 2.05) is 30.5 Å². The fourth-order valence-corrected chi connectivity index (χ4v) is 5.35. The molecule has 0 radical (unpaired) electrons. The van der Waals surface area contributed by atoms with Gasteiger partial charge >= 0.3 is 0 Å². The first-order valence-corrected chi connectivity index (χ1v) is 11.1. The number of rotatable bonds is 6. The number of thiazole rings is 1.